The van der Waals surface area contributed by atoms with Gasteiger partial charge in [0.15, 0.2) is 0 Å². The average Bonchev–Trinajstić information content (AvgIpc) is 2.84. The molecule has 1 aromatic carbocycles. The van der Waals surface area contributed by atoms with Gasteiger partial charge in [0.05, 0.1) is 6.10 Å². The van der Waals surface area contributed by atoms with Gasteiger partial charge in [0.1, 0.15) is 11.9 Å². The molecule has 3 rings (SSSR count). The van der Waals surface area contributed by atoms with E-state index in [0.717, 1.165) is 62.5 Å². The van der Waals surface area contributed by atoms with Gasteiger partial charge >= 0.3 is 5.97 Å². The van der Waals surface area contributed by atoms with Crippen molar-refractivity contribution in [3.8, 4) is 0 Å². The fraction of sp³-hybridized carbons (Fsp3) is 0.538. The standard InChI is InChI=1S/C26H38N4O3/c1-20(33-2)19-30(18-15-24(26(31)32)28-22-10-4-3-5-11-22)17-7-6-12-23-14-13-21-9-8-16-27-25(21)29-23/h3-5,10-11,13-14,20,24,28H,6-9,12,15-19H2,1-2H3,(H,27,29)(H,31,32)/t20-,24?/m1/s1. The van der Waals surface area contributed by atoms with Crippen LogP contribution in [0.3, 0.4) is 0 Å². The molecule has 3 N–H and O–H groups in total. The summed E-state index contributed by atoms with van der Waals surface area (Å²) in [4.78, 5) is 18.9. The minimum atomic E-state index is -0.828. The number of fused-ring (bicyclic) bond motifs is 1. The number of ether oxygens (including phenoxy) is 1. The number of carboxylic acid groups (broad SMARTS) is 1. The Kier molecular flexibility index (Phi) is 9.97. The van der Waals surface area contributed by atoms with E-state index in [1.807, 2.05) is 37.3 Å². The number of pyridine rings is 1. The van der Waals surface area contributed by atoms with Gasteiger partial charge in [-0.25, -0.2) is 9.78 Å². The van der Waals surface area contributed by atoms with Gasteiger partial charge in [-0.1, -0.05) is 24.3 Å². The Morgan fingerprint density at radius 1 is 1.21 bits per heavy atom. The second-order valence-corrected chi connectivity index (χ2v) is 8.83. The first-order valence-electron chi connectivity index (χ1n) is 12.1. The number of nitrogens with zero attached hydrogens (tertiary/aromatic N) is 2. The van der Waals surface area contributed by atoms with Crippen molar-refractivity contribution in [3.05, 3.63) is 53.7 Å². The largest absolute Gasteiger partial charge is 0.480 e. The van der Waals surface area contributed by atoms with E-state index in [2.05, 4.69) is 27.7 Å². The topological polar surface area (TPSA) is 86.7 Å². The van der Waals surface area contributed by atoms with Crippen LogP contribution in [-0.4, -0.2) is 66.4 Å². The second-order valence-electron chi connectivity index (χ2n) is 8.83. The Hall–Kier alpha value is -2.64. The number of rotatable bonds is 14. The normalized spacial score (nSPS) is 14.9. The van der Waals surface area contributed by atoms with Gasteiger partial charge in [-0.15, -0.1) is 0 Å². The van der Waals surface area contributed by atoms with E-state index in [9.17, 15) is 9.90 Å². The molecule has 1 aromatic heterocycles. The molecule has 180 valence electrons. The van der Waals surface area contributed by atoms with Gasteiger partial charge in [0, 0.05) is 38.1 Å². The maximum Gasteiger partial charge on any atom is 0.326 e. The molecule has 2 aromatic rings. The Bertz CT molecular complexity index is 862. The lowest BCUT2D eigenvalue weighted by atomic mass is 10.1. The predicted octanol–water partition coefficient (Wildman–Crippen LogP) is 4.05. The van der Waals surface area contributed by atoms with E-state index >= 15 is 0 Å². The van der Waals surface area contributed by atoms with E-state index in [1.54, 1.807) is 7.11 Å². The number of nitrogens with one attached hydrogen (secondary N) is 2. The first-order chi connectivity index (χ1) is 16.0. The molecule has 0 radical (unpaired) electrons. The molecule has 0 aliphatic carbocycles. The highest BCUT2D eigenvalue weighted by Gasteiger charge is 2.19. The van der Waals surface area contributed by atoms with Crippen molar-refractivity contribution in [1.82, 2.24) is 9.88 Å². The predicted molar refractivity (Wildman–Crippen MR) is 133 cm³/mol. The molecule has 7 heteroatoms. The van der Waals surface area contributed by atoms with Crippen molar-refractivity contribution >= 4 is 17.5 Å². The smallest absolute Gasteiger partial charge is 0.326 e. The van der Waals surface area contributed by atoms with E-state index in [-0.39, 0.29) is 6.10 Å². The number of hydrogen-bond donors (Lipinski definition) is 3. The van der Waals surface area contributed by atoms with Crippen molar-refractivity contribution in [1.29, 1.82) is 0 Å². The van der Waals surface area contributed by atoms with Crippen LogP contribution in [0.1, 0.15) is 43.9 Å². The summed E-state index contributed by atoms with van der Waals surface area (Å²) in [6.07, 6.45) is 5.95. The fourth-order valence-corrected chi connectivity index (χ4v) is 4.19. The number of para-hydroxylation sites is 1. The first-order valence-corrected chi connectivity index (χ1v) is 12.1. The summed E-state index contributed by atoms with van der Waals surface area (Å²) in [5.41, 5.74) is 3.29. The Morgan fingerprint density at radius 2 is 2.03 bits per heavy atom. The monoisotopic (exact) mass is 454 g/mol. The molecule has 2 atom stereocenters. The molecule has 1 aliphatic heterocycles. The van der Waals surface area contributed by atoms with Gasteiger partial charge in [-0.2, -0.15) is 0 Å². The van der Waals surface area contributed by atoms with Crippen molar-refractivity contribution < 1.29 is 14.6 Å². The summed E-state index contributed by atoms with van der Waals surface area (Å²) in [7, 11) is 1.72. The van der Waals surface area contributed by atoms with Crippen LogP contribution in [0.15, 0.2) is 42.5 Å². The number of benzene rings is 1. The third kappa shape index (κ3) is 8.33. The molecule has 2 heterocycles. The Morgan fingerprint density at radius 3 is 2.79 bits per heavy atom. The number of aliphatic carboxylic acids is 1. The molecule has 0 bridgehead atoms. The molecule has 0 saturated carbocycles. The van der Waals surface area contributed by atoms with Gasteiger partial charge in [0.25, 0.3) is 0 Å². The zero-order valence-corrected chi connectivity index (χ0v) is 19.9. The number of anilines is 2. The van der Waals surface area contributed by atoms with Crippen molar-refractivity contribution in [3.63, 3.8) is 0 Å². The van der Waals surface area contributed by atoms with Crippen molar-refractivity contribution in [2.24, 2.45) is 0 Å². The number of carboxylic acids is 1. The summed E-state index contributed by atoms with van der Waals surface area (Å²) < 4.78 is 5.47. The van der Waals surface area contributed by atoms with Gasteiger partial charge < -0.3 is 25.4 Å². The van der Waals surface area contributed by atoms with Crippen LogP contribution in [0, 0.1) is 0 Å². The van der Waals surface area contributed by atoms with Crippen LogP contribution in [0.2, 0.25) is 0 Å². The lowest BCUT2D eigenvalue weighted by molar-refractivity contribution is -0.138. The van der Waals surface area contributed by atoms with Crippen LogP contribution in [0.4, 0.5) is 11.5 Å². The molecule has 0 saturated heterocycles. The van der Waals surface area contributed by atoms with Crippen LogP contribution in [-0.2, 0) is 22.4 Å². The fourth-order valence-electron chi connectivity index (χ4n) is 4.19. The molecule has 33 heavy (non-hydrogen) atoms. The maximum absolute atomic E-state index is 11.8. The quantitative estimate of drug-likeness (QED) is 0.371. The van der Waals surface area contributed by atoms with Crippen LogP contribution >= 0.6 is 0 Å². The Labute approximate surface area is 197 Å². The first kappa shape index (κ1) is 25.0. The highest BCUT2D eigenvalue weighted by molar-refractivity contribution is 5.77. The number of aryl methyl sites for hydroxylation is 2. The third-order valence-corrected chi connectivity index (χ3v) is 6.17. The van der Waals surface area contributed by atoms with Crippen LogP contribution in [0.25, 0.3) is 0 Å². The lowest BCUT2D eigenvalue weighted by Crippen LogP contribution is -2.38. The highest BCUT2D eigenvalue weighted by atomic mass is 16.5. The van der Waals surface area contributed by atoms with Crippen molar-refractivity contribution in [2.45, 2.75) is 57.6 Å². The van der Waals surface area contributed by atoms with Gasteiger partial charge in [-0.05, 0) is 75.8 Å². The summed E-state index contributed by atoms with van der Waals surface area (Å²) >= 11 is 0. The van der Waals surface area contributed by atoms with E-state index in [0.29, 0.717) is 13.0 Å². The SMILES string of the molecule is CO[C@H](C)CN(CCCCc1ccc2c(n1)NCCC2)CCC(Nc1ccccc1)C(=O)O. The summed E-state index contributed by atoms with van der Waals surface area (Å²) in [5, 5.41) is 16.2. The number of hydrogen-bond acceptors (Lipinski definition) is 6. The van der Waals surface area contributed by atoms with Crippen LogP contribution < -0.4 is 10.6 Å². The minimum absolute atomic E-state index is 0.101. The molecule has 0 spiro atoms. The molecule has 0 fully saturated rings. The maximum atomic E-state index is 11.8. The molecule has 7 nitrogen and oxygen atoms in total. The molecule has 1 unspecified atom stereocenters. The highest BCUT2D eigenvalue weighted by Crippen LogP contribution is 2.20. The van der Waals surface area contributed by atoms with Gasteiger partial charge in [0.2, 0.25) is 0 Å². The molecule has 0 amide bonds. The molecular weight excluding hydrogens is 416 g/mol. The number of unbranched alkanes of at least 4 members (excludes halogenated alkanes) is 1. The Balaban J connectivity index is 1.48. The summed E-state index contributed by atoms with van der Waals surface area (Å²) in [6.45, 7) is 5.45. The van der Waals surface area contributed by atoms with E-state index < -0.39 is 12.0 Å². The zero-order chi connectivity index (χ0) is 23.5. The van der Waals surface area contributed by atoms with E-state index in [1.165, 1.54) is 12.0 Å². The summed E-state index contributed by atoms with van der Waals surface area (Å²) in [5.74, 6) is 0.227. The van der Waals surface area contributed by atoms with Crippen LogP contribution in [0.5, 0.6) is 0 Å². The molecular formula is C26H38N4O3. The lowest BCUT2D eigenvalue weighted by Gasteiger charge is -2.27. The summed E-state index contributed by atoms with van der Waals surface area (Å²) in [6, 6.07) is 13.3. The average molecular weight is 455 g/mol. The van der Waals surface area contributed by atoms with E-state index in [4.69, 9.17) is 9.72 Å². The minimum Gasteiger partial charge on any atom is -0.480 e. The van der Waals surface area contributed by atoms with Crippen molar-refractivity contribution in [2.75, 3.05) is 43.9 Å². The second kappa shape index (κ2) is 13.2. The third-order valence-electron chi connectivity index (χ3n) is 6.17. The zero-order valence-electron chi connectivity index (χ0n) is 19.9. The van der Waals surface area contributed by atoms with Gasteiger partial charge in [-0.3, -0.25) is 0 Å². The number of carbonyl (C=O) groups is 1. The number of methoxy groups -OCH3 is 1. The number of aromatic nitrogens is 1. The molecule has 1 aliphatic rings.